The van der Waals surface area contributed by atoms with E-state index < -0.39 is 23.8 Å². The smallest absolute Gasteiger partial charge is 0.416 e. The molecule has 0 spiro atoms. The van der Waals surface area contributed by atoms with E-state index in [9.17, 15) is 23.1 Å². The summed E-state index contributed by atoms with van der Waals surface area (Å²) in [6, 6.07) is 10.7. The lowest BCUT2D eigenvalue weighted by Crippen LogP contribution is -2.35. The third-order valence-electron chi connectivity index (χ3n) is 4.09. The number of amides is 1. The van der Waals surface area contributed by atoms with E-state index in [1.165, 1.54) is 23.5 Å². The Kier molecular flexibility index (Phi) is 7.48. The molecule has 6 nitrogen and oxygen atoms in total. The summed E-state index contributed by atoms with van der Waals surface area (Å²) >= 11 is 1.46. The van der Waals surface area contributed by atoms with Gasteiger partial charge < -0.3 is 19.9 Å². The summed E-state index contributed by atoms with van der Waals surface area (Å²) < 4.78 is 48.5. The quantitative estimate of drug-likeness (QED) is 0.515. The number of aromatic nitrogens is 1. The van der Waals surface area contributed by atoms with E-state index in [1.54, 1.807) is 29.8 Å². The molecule has 0 radical (unpaired) electrons. The first-order chi connectivity index (χ1) is 14.8. The van der Waals surface area contributed by atoms with Crippen LogP contribution in [0.15, 0.2) is 59.4 Å². The number of nitrogens with one attached hydrogen (secondary N) is 1. The minimum absolute atomic E-state index is 0.0939. The molecule has 1 amide bonds. The minimum atomic E-state index is -4.43. The van der Waals surface area contributed by atoms with Crippen LogP contribution < -0.4 is 14.8 Å². The maximum Gasteiger partial charge on any atom is 0.416 e. The van der Waals surface area contributed by atoms with Gasteiger partial charge in [0.1, 0.15) is 30.8 Å². The number of benzene rings is 2. The lowest BCUT2D eigenvalue weighted by atomic mass is 10.2. The molecule has 31 heavy (non-hydrogen) atoms. The Balaban J connectivity index is 1.44. The van der Waals surface area contributed by atoms with Crippen LogP contribution in [0.25, 0.3) is 0 Å². The van der Waals surface area contributed by atoms with Gasteiger partial charge in [0, 0.05) is 17.5 Å². The van der Waals surface area contributed by atoms with Gasteiger partial charge in [-0.1, -0.05) is 6.07 Å². The Morgan fingerprint density at radius 2 is 1.90 bits per heavy atom. The Labute approximate surface area is 180 Å². The number of halogens is 3. The predicted molar refractivity (Wildman–Crippen MR) is 108 cm³/mol. The summed E-state index contributed by atoms with van der Waals surface area (Å²) in [5.41, 5.74) is 2.06. The number of aliphatic hydroxyl groups is 1. The van der Waals surface area contributed by atoms with Crippen molar-refractivity contribution >= 4 is 17.2 Å². The second-order valence-corrected chi connectivity index (χ2v) is 7.21. The van der Waals surface area contributed by atoms with Gasteiger partial charge in [-0.2, -0.15) is 13.2 Å². The summed E-state index contributed by atoms with van der Waals surface area (Å²) in [5, 5.41) is 14.4. The number of carbonyl (C=O) groups excluding carboxylic acids is 1. The molecule has 2 N–H and O–H groups in total. The fourth-order valence-electron chi connectivity index (χ4n) is 2.50. The normalized spacial score (nSPS) is 12.3. The van der Waals surface area contributed by atoms with Crippen molar-refractivity contribution in [1.82, 2.24) is 10.3 Å². The molecule has 2 aromatic carbocycles. The van der Waals surface area contributed by atoms with Crippen molar-refractivity contribution in [1.29, 1.82) is 0 Å². The van der Waals surface area contributed by atoms with Crippen LogP contribution in [0.4, 0.5) is 13.2 Å². The Morgan fingerprint density at radius 1 is 1.13 bits per heavy atom. The highest BCUT2D eigenvalue weighted by Crippen LogP contribution is 2.30. The first kappa shape index (κ1) is 22.6. The van der Waals surface area contributed by atoms with Crippen LogP contribution in [-0.4, -0.2) is 35.3 Å². The molecule has 1 atom stereocenters. The molecule has 0 fully saturated rings. The van der Waals surface area contributed by atoms with Crippen molar-refractivity contribution in [2.24, 2.45) is 0 Å². The van der Waals surface area contributed by atoms with Gasteiger partial charge in [0.25, 0.3) is 5.91 Å². The monoisotopic (exact) mass is 452 g/mol. The van der Waals surface area contributed by atoms with Gasteiger partial charge in [0.05, 0.1) is 16.8 Å². The lowest BCUT2D eigenvalue weighted by Gasteiger charge is -2.14. The van der Waals surface area contributed by atoms with Gasteiger partial charge in [0.15, 0.2) is 0 Å². The number of hydrogen-bond donors (Lipinski definition) is 2. The van der Waals surface area contributed by atoms with Crippen molar-refractivity contribution in [3.05, 3.63) is 76.2 Å². The second kappa shape index (κ2) is 10.3. The zero-order valence-corrected chi connectivity index (χ0v) is 16.9. The molecule has 1 unspecified atom stereocenters. The predicted octanol–water partition coefficient (Wildman–Crippen LogP) is 3.91. The van der Waals surface area contributed by atoms with Gasteiger partial charge in [0.2, 0.25) is 0 Å². The Hall–Kier alpha value is -3.11. The average Bonchev–Trinajstić information content (AvgIpc) is 3.28. The molecule has 1 heterocycles. The van der Waals surface area contributed by atoms with Gasteiger partial charge in [-0.05, 0) is 42.5 Å². The number of aliphatic hydroxyl groups excluding tert-OH is 1. The van der Waals surface area contributed by atoms with E-state index in [2.05, 4.69) is 10.3 Å². The number of hydrogen-bond acceptors (Lipinski definition) is 6. The second-order valence-electron chi connectivity index (χ2n) is 6.49. The highest BCUT2D eigenvalue weighted by atomic mass is 32.1. The molecule has 0 aliphatic carbocycles. The van der Waals surface area contributed by atoms with Gasteiger partial charge in [-0.25, -0.2) is 4.98 Å². The van der Waals surface area contributed by atoms with Crippen molar-refractivity contribution in [3.8, 4) is 11.5 Å². The zero-order chi connectivity index (χ0) is 22.3. The Morgan fingerprint density at radius 3 is 2.58 bits per heavy atom. The number of ether oxygens (including phenoxy) is 2. The van der Waals surface area contributed by atoms with Crippen molar-refractivity contribution in [2.45, 2.75) is 18.9 Å². The molecule has 3 aromatic rings. The summed E-state index contributed by atoms with van der Waals surface area (Å²) in [5.74, 6) is 0.280. The van der Waals surface area contributed by atoms with Crippen LogP contribution in [0.1, 0.15) is 21.6 Å². The fourth-order valence-corrected chi connectivity index (χ4v) is 3.04. The van der Waals surface area contributed by atoms with Crippen LogP contribution in [0.2, 0.25) is 0 Å². The highest BCUT2D eigenvalue weighted by Gasteiger charge is 2.30. The zero-order valence-electron chi connectivity index (χ0n) is 16.1. The molecule has 164 valence electrons. The minimum Gasteiger partial charge on any atom is -0.491 e. The lowest BCUT2D eigenvalue weighted by molar-refractivity contribution is -0.137. The van der Waals surface area contributed by atoms with Gasteiger partial charge in [-0.15, -0.1) is 11.3 Å². The van der Waals surface area contributed by atoms with Crippen molar-refractivity contribution in [2.75, 3.05) is 13.2 Å². The third kappa shape index (κ3) is 6.97. The number of carbonyl (C=O) groups is 1. The molecule has 0 saturated carbocycles. The molecule has 0 bridgehead atoms. The summed E-state index contributed by atoms with van der Waals surface area (Å²) in [7, 11) is 0. The molecule has 0 saturated heterocycles. The average molecular weight is 452 g/mol. The molecule has 1 aromatic heterocycles. The topological polar surface area (TPSA) is 80.7 Å². The Bertz CT molecular complexity index is 979. The number of rotatable bonds is 9. The van der Waals surface area contributed by atoms with E-state index in [-0.39, 0.29) is 25.5 Å². The standard InChI is InChI=1S/C21H19F3N2O4S/c22-21(23,24)15-4-6-18(7-5-15)30-11-17(27)9-25-20(28)14-2-1-3-19(8-14)29-10-16-12-31-13-26-16/h1-8,12-13,17,27H,9-11H2,(H,25,28). The fraction of sp³-hybridized carbons (Fsp3) is 0.238. The molecule has 3 rings (SSSR count). The maximum absolute atomic E-state index is 12.6. The van der Waals surface area contributed by atoms with Crippen LogP contribution in [0.3, 0.4) is 0 Å². The van der Waals surface area contributed by atoms with E-state index in [4.69, 9.17) is 9.47 Å². The summed E-state index contributed by atoms with van der Waals surface area (Å²) in [6.07, 6.45) is -5.47. The number of alkyl halides is 3. The summed E-state index contributed by atoms with van der Waals surface area (Å²) in [6.45, 7) is 0.000385. The molecule has 0 aliphatic heterocycles. The molecule has 0 aliphatic rings. The van der Waals surface area contributed by atoms with Crippen molar-refractivity contribution < 1.29 is 32.5 Å². The molecular weight excluding hydrogens is 433 g/mol. The van der Waals surface area contributed by atoms with Crippen molar-refractivity contribution in [3.63, 3.8) is 0 Å². The molecular formula is C21H19F3N2O4S. The van der Waals surface area contributed by atoms with E-state index in [1.807, 2.05) is 5.38 Å². The summed E-state index contributed by atoms with van der Waals surface area (Å²) in [4.78, 5) is 16.4. The first-order valence-corrected chi connectivity index (χ1v) is 10.1. The van der Waals surface area contributed by atoms with Gasteiger partial charge in [-0.3, -0.25) is 4.79 Å². The van der Waals surface area contributed by atoms with Crippen LogP contribution in [-0.2, 0) is 12.8 Å². The third-order valence-corrected chi connectivity index (χ3v) is 4.72. The SMILES string of the molecule is O=C(NCC(O)COc1ccc(C(F)(F)F)cc1)c1cccc(OCc2cscn2)c1. The first-order valence-electron chi connectivity index (χ1n) is 9.17. The van der Waals surface area contributed by atoms with E-state index in [0.717, 1.165) is 17.8 Å². The molecule has 10 heteroatoms. The number of thiazole rings is 1. The maximum atomic E-state index is 12.6. The van der Waals surface area contributed by atoms with Crippen LogP contribution >= 0.6 is 11.3 Å². The van der Waals surface area contributed by atoms with Crippen LogP contribution in [0.5, 0.6) is 11.5 Å². The highest BCUT2D eigenvalue weighted by molar-refractivity contribution is 7.07. The van der Waals surface area contributed by atoms with Gasteiger partial charge >= 0.3 is 6.18 Å². The van der Waals surface area contributed by atoms with Crippen LogP contribution in [0, 0.1) is 0 Å². The number of nitrogens with zero attached hydrogens (tertiary/aromatic N) is 1. The largest absolute Gasteiger partial charge is 0.491 e. The van der Waals surface area contributed by atoms with E-state index in [0.29, 0.717) is 11.3 Å². The van der Waals surface area contributed by atoms with E-state index >= 15 is 0 Å².